The second-order valence-corrected chi connectivity index (χ2v) is 6.57. The lowest BCUT2D eigenvalue weighted by Crippen LogP contribution is -2.44. The van der Waals surface area contributed by atoms with E-state index in [0.29, 0.717) is 32.0 Å². The molecule has 5 nitrogen and oxygen atoms in total. The summed E-state index contributed by atoms with van der Waals surface area (Å²) in [6, 6.07) is 8.02. The van der Waals surface area contributed by atoms with Crippen LogP contribution in [0.25, 0.3) is 0 Å². The molecule has 2 saturated carbocycles. The van der Waals surface area contributed by atoms with Crippen molar-refractivity contribution in [2.75, 3.05) is 13.7 Å². The topological polar surface area (TPSA) is 58.6 Å². The van der Waals surface area contributed by atoms with Crippen LogP contribution >= 0.6 is 0 Å². The molecular weight excluding hydrogens is 292 g/mol. The summed E-state index contributed by atoms with van der Waals surface area (Å²) in [6.45, 7) is 3.09. The molecule has 0 saturated heterocycles. The van der Waals surface area contributed by atoms with Crippen LogP contribution in [0.2, 0.25) is 0 Å². The van der Waals surface area contributed by atoms with Crippen molar-refractivity contribution < 1.29 is 14.3 Å². The summed E-state index contributed by atoms with van der Waals surface area (Å²) in [5, 5.41) is 2.97. The first kappa shape index (κ1) is 15.8. The van der Waals surface area contributed by atoms with Crippen molar-refractivity contribution >= 4 is 11.8 Å². The van der Waals surface area contributed by atoms with Crippen LogP contribution in [0.3, 0.4) is 0 Å². The standard InChI is InChI=1S/C18H24N2O3/c1-3-23-15-8-4-13(5-9-15)12-20(2)17(22)18(10-11-18)16(21)19-14-6-7-14/h4-5,8-9,14H,3,6-7,10-12H2,1-2H3,(H,19,21). The van der Waals surface area contributed by atoms with Crippen molar-refractivity contribution in [1.82, 2.24) is 10.2 Å². The molecule has 2 amide bonds. The van der Waals surface area contributed by atoms with Gasteiger partial charge in [-0.15, -0.1) is 0 Å². The van der Waals surface area contributed by atoms with E-state index in [-0.39, 0.29) is 11.8 Å². The van der Waals surface area contributed by atoms with Crippen molar-refractivity contribution in [3.05, 3.63) is 29.8 Å². The summed E-state index contributed by atoms with van der Waals surface area (Å²) in [6.07, 6.45) is 3.41. The van der Waals surface area contributed by atoms with Crippen LogP contribution < -0.4 is 10.1 Å². The third kappa shape index (κ3) is 3.49. The van der Waals surface area contributed by atoms with Crippen molar-refractivity contribution in [1.29, 1.82) is 0 Å². The number of nitrogens with zero attached hydrogens (tertiary/aromatic N) is 1. The first-order valence-electron chi connectivity index (χ1n) is 8.33. The third-order valence-electron chi connectivity index (χ3n) is 4.51. The number of hydrogen-bond donors (Lipinski definition) is 1. The van der Waals surface area contributed by atoms with Crippen LogP contribution in [0.1, 0.15) is 38.2 Å². The smallest absolute Gasteiger partial charge is 0.238 e. The van der Waals surface area contributed by atoms with Gasteiger partial charge >= 0.3 is 0 Å². The number of hydrogen-bond acceptors (Lipinski definition) is 3. The number of ether oxygens (including phenoxy) is 1. The highest BCUT2D eigenvalue weighted by Gasteiger charge is 2.58. The summed E-state index contributed by atoms with van der Waals surface area (Å²) in [5.74, 6) is 0.681. The van der Waals surface area contributed by atoms with Gasteiger partial charge in [-0.2, -0.15) is 0 Å². The zero-order valence-electron chi connectivity index (χ0n) is 13.8. The van der Waals surface area contributed by atoms with Gasteiger partial charge < -0.3 is 15.0 Å². The molecule has 0 atom stereocenters. The van der Waals surface area contributed by atoms with Crippen LogP contribution in [0, 0.1) is 5.41 Å². The molecule has 0 heterocycles. The SMILES string of the molecule is CCOc1ccc(CN(C)C(=O)C2(C(=O)NC3CC3)CC2)cc1. The van der Waals surface area contributed by atoms with Gasteiger partial charge in [-0.25, -0.2) is 0 Å². The number of amides is 2. The fraction of sp³-hybridized carbons (Fsp3) is 0.556. The first-order chi connectivity index (χ1) is 11.0. The Labute approximate surface area is 137 Å². The quantitative estimate of drug-likeness (QED) is 0.784. The summed E-state index contributed by atoms with van der Waals surface area (Å²) < 4.78 is 5.42. The zero-order valence-corrected chi connectivity index (χ0v) is 13.8. The van der Waals surface area contributed by atoms with Crippen LogP contribution in [-0.4, -0.2) is 36.4 Å². The molecule has 0 spiro atoms. The molecule has 1 N–H and O–H groups in total. The van der Waals surface area contributed by atoms with E-state index in [1.165, 1.54) is 0 Å². The van der Waals surface area contributed by atoms with Crippen molar-refractivity contribution in [2.45, 2.75) is 45.2 Å². The molecule has 1 aromatic carbocycles. The summed E-state index contributed by atoms with van der Waals surface area (Å²) >= 11 is 0. The summed E-state index contributed by atoms with van der Waals surface area (Å²) in [4.78, 5) is 26.7. The molecule has 2 fully saturated rings. The monoisotopic (exact) mass is 316 g/mol. The van der Waals surface area contributed by atoms with Crippen LogP contribution in [-0.2, 0) is 16.1 Å². The predicted molar refractivity (Wildman–Crippen MR) is 86.9 cm³/mol. The molecule has 0 unspecified atom stereocenters. The molecule has 5 heteroatoms. The third-order valence-corrected chi connectivity index (χ3v) is 4.51. The van der Waals surface area contributed by atoms with E-state index in [4.69, 9.17) is 4.74 Å². The minimum atomic E-state index is -0.803. The number of carbonyl (C=O) groups excluding carboxylic acids is 2. The highest BCUT2D eigenvalue weighted by Crippen LogP contribution is 2.48. The van der Waals surface area contributed by atoms with Crippen molar-refractivity contribution in [3.63, 3.8) is 0 Å². The molecular formula is C18H24N2O3. The molecule has 0 aliphatic heterocycles. The first-order valence-corrected chi connectivity index (χ1v) is 8.33. The fourth-order valence-corrected chi connectivity index (χ4v) is 2.78. The maximum absolute atomic E-state index is 12.7. The Morgan fingerprint density at radius 1 is 1.26 bits per heavy atom. The van der Waals surface area contributed by atoms with Gasteiger partial charge in [-0.1, -0.05) is 12.1 Å². The zero-order chi connectivity index (χ0) is 16.4. The Morgan fingerprint density at radius 2 is 1.91 bits per heavy atom. The maximum Gasteiger partial charge on any atom is 0.238 e. The van der Waals surface area contributed by atoms with Crippen LogP contribution in [0.4, 0.5) is 0 Å². The predicted octanol–water partition coefficient (Wildman–Crippen LogP) is 2.10. The summed E-state index contributed by atoms with van der Waals surface area (Å²) in [7, 11) is 1.77. The van der Waals surface area contributed by atoms with Gasteiger partial charge in [0.15, 0.2) is 0 Å². The Bertz CT molecular complexity index is 589. The second-order valence-electron chi connectivity index (χ2n) is 6.57. The van der Waals surface area contributed by atoms with E-state index in [1.54, 1.807) is 11.9 Å². The average molecular weight is 316 g/mol. The normalized spacial score (nSPS) is 18.2. The average Bonchev–Trinajstić information content (AvgIpc) is 3.43. The number of rotatable bonds is 7. The molecule has 2 aliphatic rings. The Balaban J connectivity index is 1.59. The van der Waals surface area contributed by atoms with Gasteiger partial charge in [0, 0.05) is 19.6 Å². The fourth-order valence-electron chi connectivity index (χ4n) is 2.78. The van der Waals surface area contributed by atoms with E-state index in [0.717, 1.165) is 24.2 Å². The van der Waals surface area contributed by atoms with E-state index < -0.39 is 5.41 Å². The highest BCUT2D eigenvalue weighted by molar-refractivity contribution is 6.07. The van der Waals surface area contributed by atoms with Gasteiger partial charge in [-0.05, 0) is 50.3 Å². The Hall–Kier alpha value is -2.04. The molecule has 2 aliphatic carbocycles. The lowest BCUT2D eigenvalue weighted by atomic mass is 10.0. The number of carbonyl (C=O) groups is 2. The molecule has 0 bridgehead atoms. The molecule has 23 heavy (non-hydrogen) atoms. The number of nitrogens with one attached hydrogen (secondary N) is 1. The van der Waals surface area contributed by atoms with Gasteiger partial charge in [-0.3, -0.25) is 9.59 Å². The van der Waals surface area contributed by atoms with Gasteiger partial charge in [0.1, 0.15) is 11.2 Å². The van der Waals surface area contributed by atoms with Crippen LogP contribution in [0.15, 0.2) is 24.3 Å². The van der Waals surface area contributed by atoms with Crippen molar-refractivity contribution in [2.24, 2.45) is 5.41 Å². The van der Waals surface area contributed by atoms with Gasteiger partial charge in [0.2, 0.25) is 11.8 Å². The molecule has 1 aromatic rings. The lowest BCUT2D eigenvalue weighted by Gasteiger charge is -2.23. The van der Waals surface area contributed by atoms with Crippen LogP contribution in [0.5, 0.6) is 5.75 Å². The molecule has 0 radical (unpaired) electrons. The van der Waals surface area contributed by atoms with E-state index >= 15 is 0 Å². The van der Waals surface area contributed by atoms with E-state index in [1.807, 2.05) is 31.2 Å². The second kappa shape index (κ2) is 6.22. The Kier molecular flexibility index (Phi) is 4.28. The minimum Gasteiger partial charge on any atom is -0.494 e. The van der Waals surface area contributed by atoms with Gasteiger partial charge in [0.25, 0.3) is 0 Å². The van der Waals surface area contributed by atoms with E-state index in [2.05, 4.69) is 5.32 Å². The number of benzene rings is 1. The van der Waals surface area contributed by atoms with Gasteiger partial charge in [0.05, 0.1) is 6.61 Å². The Morgan fingerprint density at radius 3 is 2.43 bits per heavy atom. The van der Waals surface area contributed by atoms with E-state index in [9.17, 15) is 9.59 Å². The largest absolute Gasteiger partial charge is 0.494 e. The molecule has 3 rings (SSSR count). The molecule has 0 aromatic heterocycles. The minimum absolute atomic E-state index is 0.0652. The van der Waals surface area contributed by atoms with Crippen molar-refractivity contribution in [3.8, 4) is 5.75 Å². The summed E-state index contributed by atoms with van der Waals surface area (Å²) in [5.41, 5.74) is 0.227. The maximum atomic E-state index is 12.7. The molecule has 124 valence electrons. The highest BCUT2D eigenvalue weighted by atomic mass is 16.5. The lowest BCUT2D eigenvalue weighted by molar-refractivity contribution is -0.143.